The van der Waals surface area contributed by atoms with Gasteiger partial charge in [0.25, 0.3) is 0 Å². The van der Waals surface area contributed by atoms with Crippen molar-refractivity contribution in [1.29, 1.82) is 0 Å². The molecule has 1 heterocycles. The summed E-state index contributed by atoms with van der Waals surface area (Å²) in [6.45, 7) is 7.35. The molecule has 1 aliphatic rings. The molecule has 1 unspecified atom stereocenters. The van der Waals surface area contributed by atoms with Crippen molar-refractivity contribution in [3.05, 3.63) is 35.9 Å². The van der Waals surface area contributed by atoms with Gasteiger partial charge in [-0.15, -0.1) is 0 Å². The molecule has 4 nitrogen and oxygen atoms in total. The first-order chi connectivity index (χ1) is 10.1. The second-order valence-corrected chi connectivity index (χ2v) is 5.81. The molecule has 21 heavy (non-hydrogen) atoms. The zero-order valence-electron chi connectivity index (χ0n) is 13.0. The van der Waals surface area contributed by atoms with E-state index in [1.165, 1.54) is 5.56 Å². The van der Waals surface area contributed by atoms with Crippen LogP contribution in [0.15, 0.2) is 30.3 Å². The zero-order chi connectivity index (χ0) is 15.2. The van der Waals surface area contributed by atoms with Crippen LogP contribution in [0.5, 0.6) is 0 Å². The number of hydrogen-bond donors (Lipinski definition) is 1. The second-order valence-electron chi connectivity index (χ2n) is 5.81. The van der Waals surface area contributed by atoms with E-state index in [4.69, 9.17) is 5.11 Å². The summed E-state index contributed by atoms with van der Waals surface area (Å²) in [4.78, 5) is 15.5. The van der Waals surface area contributed by atoms with Crippen LogP contribution in [0.25, 0.3) is 0 Å². The Morgan fingerprint density at radius 2 is 1.95 bits per heavy atom. The van der Waals surface area contributed by atoms with Crippen molar-refractivity contribution in [3.8, 4) is 0 Å². The number of likely N-dealkylation sites (N-methyl/N-ethyl adjacent to an activating group) is 1. The van der Waals surface area contributed by atoms with E-state index < -0.39 is 5.97 Å². The second kappa shape index (κ2) is 7.57. The molecular weight excluding hydrogens is 264 g/mol. The van der Waals surface area contributed by atoms with Crippen molar-refractivity contribution in [2.45, 2.75) is 38.8 Å². The van der Waals surface area contributed by atoms with E-state index in [0.29, 0.717) is 12.1 Å². The molecule has 0 spiro atoms. The van der Waals surface area contributed by atoms with Crippen molar-refractivity contribution in [2.75, 3.05) is 26.2 Å². The Hall–Kier alpha value is -1.39. The fraction of sp³-hybridized carbons (Fsp3) is 0.588. The lowest BCUT2D eigenvalue weighted by molar-refractivity contribution is -0.139. The number of carbonyl (C=O) groups is 1. The van der Waals surface area contributed by atoms with Crippen LogP contribution in [-0.2, 0) is 4.79 Å². The van der Waals surface area contributed by atoms with E-state index in [1.807, 2.05) is 13.0 Å². The third-order valence-corrected chi connectivity index (χ3v) is 4.59. The normalized spacial score (nSPS) is 18.8. The summed E-state index contributed by atoms with van der Waals surface area (Å²) in [6, 6.07) is 11.4. The number of rotatable bonds is 6. The number of piperidine rings is 1. The standard InChI is InChI=1S/C17H26N2O2/c1-3-18(13-17(20)21)16-9-11-19(12-10-16)14(2)15-7-5-4-6-8-15/h4-8,14,16H,3,9-13H2,1-2H3,(H,20,21). The van der Waals surface area contributed by atoms with Crippen LogP contribution in [0, 0.1) is 0 Å². The fourth-order valence-corrected chi connectivity index (χ4v) is 3.25. The molecule has 0 bridgehead atoms. The monoisotopic (exact) mass is 290 g/mol. The molecule has 1 saturated heterocycles. The molecule has 0 aliphatic carbocycles. The number of aliphatic carboxylic acids is 1. The molecule has 1 aromatic carbocycles. The van der Waals surface area contributed by atoms with Crippen molar-refractivity contribution in [1.82, 2.24) is 9.80 Å². The summed E-state index contributed by atoms with van der Waals surface area (Å²) in [5.41, 5.74) is 1.36. The smallest absolute Gasteiger partial charge is 0.317 e. The average molecular weight is 290 g/mol. The lowest BCUT2D eigenvalue weighted by Gasteiger charge is -2.40. The molecule has 0 aromatic heterocycles. The quantitative estimate of drug-likeness (QED) is 0.874. The highest BCUT2D eigenvalue weighted by atomic mass is 16.4. The van der Waals surface area contributed by atoms with E-state index in [0.717, 1.165) is 32.5 Å². The zero-order valence-corrected chi connectivity index (χ0v) is 13.0. The van der Waals surface area contributed by atoms with Crippen molar-refractivity contribution in [2.24, 2.45) is 0 Å². The van der Waals surface area contributed by atoms with Crippen LogP contribution in [0.2, 0.25) is 0 Å². The van der Waals surface area contributed by atoms with E-state index in [9.17, 15) is 4.79 Å². The number of carboxylic acid groups (broad SMARTS) is 1. The van der Waals surface area contributed by atoms with Gasteiger partial charge in [0.1, 0.15) is 0 Å². The molecule has 0 saturated carbocycles. The SMILES string of the molecule is CCN(CC(=O)O)C1CCN(C(C)c2ccccc2)CC1. The van der Waals surface area contributed by atoms with E-state index >= 15 is 0 Å². The molecular formula is C17H26N2O2. The molecule has 1 aromatic rings. The van der Waals surface area contributed by atoms with Gasteiger partial charge in [-0.3, -0.25) is 14.6 Å². The number of nitrogens with zero attached hydrogens (tertiary/aromatic N) is 2. The predicted molar refractivity (Wildman–Crippen MR) is 84.3 cm³/mol. The van der Waals surface area contributed by atoms with Gasteiger partial charge in [0.2, 0.25) is 0 Å². The van der Waals surface area contributed by atoms with Gasteiger partial charge in [0.05, 0.1) is 6.54 Å². The van der Waals surface area contributed by atoms with Crippen LogP contribution in [-0.4, -0.2) is 53.1 Å². The number of benzene rings is 1. The summed E-state index contributed by atoms with van der Waals surface area (Å²) >= 11 is 0. The largest absolute Gasteiger partial charge is 0.480 e. The average Bonchev–Trinajstić information content (AvgIpc) is 2.53. The summed E-state index contributed by atoms with van der Waals surface area (Å²) in [5, 5.41) is 8.98. The minimum atomic E-state index is -0.725. The third-order valence-electron chi connectivity index (χ3n) is 4.59. The van der Waals surface area contributed by atoms with Gasteiger partial charge in [0.15, 0.2) is 0 Å². The highest BCUT2D eigenvalue weighted by Gasteiger charge is 2.27. The van der Waals surface area contributed by atoms with Crippen LogP contribution >= 0.6 is 0 Å². The summed E-state index contributed by atoms with van der Waals surface area (Å²) < 4.78 is 0. The van der Waals surface area contributed by atoms with Crippen molar-refractivity contribution < 1.29 is 9.90 Å². The minimum absolute atomic E-state index is 0.162. The molecule has 1 fully saturated rings. The maximum atomic E-state index is 10.9. The Bertz CT molecular complexity index is 441. The number of hydrogen-bond acceptors (Lipinski definition) is 3. The van der Waals surface area contributed by atoms with Gasteiger partial charge < -0.3 is 5.11 Å². The van der Waals surface area contributed by atoms with Crippen LogP contribution in [0.1, 0.15) is 38.3 Å². The molecule has 4 heteroatoms. The summed E-state index contributed by atoms with van der Waals surface area (Å²) in [5.74, 6) is -0.725. The molecule has 2 rings (SSSR count). The van der Waals surface area contributed by atoms with Gasteiger partial charge in [-0.1, -0.05) is 37.3 Å². The summed E-state index contributed by atoms with van der Waals surface area (Å²) in [7, 11) is 0. The molecule has 0 radical (unpaired) electrons. The highest BCUT2D eigenvalue weighted by Crippen LogP contribution is 2.25. The summed E-state index contributed by atoms with van der Waals surface area (Å²) in [6.07, 6.45) is 2.11. The Balaban J connectivity index is 1.89. The van der Waals surface area contributed by atoms with Crippen LogP contribution in [0.4, 0.5) is 0 Å². The first kappa shape index (κ1) is 16.0. The highest BCUT2D eigenvalue weighted by molar-refractivity contribution is 5.69. The van der Waals surface area contributed by atoms with E-state index in [1.54, 1.807) is 0 Å². The molecule has 1 N–H and O–H groups in total. The van der Waals surface area contributed by atoms with Gasteiger partial charge in [0, 0.05) is 25.2 Å². The molecule has 0 amide bonds. The maximum absolute atomic E-state index is 10.9. The molecule has 1 atom stereocenters. The van der Waals surface area contributed by atoms with Gasteiger partial charge in [-0.2, -0.15) is 0 Å². The minimum Gasteiger partial charge on any atom is -0.480 e. The lowest BCUT2D eigenvalue weighted by atomic mass is 9.99. The van der Waals surface area contributed by atoms with E-state index in [-0.39, 0.29) is 6.54 Å². The Kier molecular flexibility index (Phi) is 5.76. The van der Waals surface area contributed by atoms with Gasteiger partial charge in [-0.05, 0) is 31.9 Å². The number of likely N-dealkylation sites (tertiary alicyclic amines) is 1. The van der Waals surface area contributed by atoms with E-state index in [2.05, 4.69) is 41.0 Å². The third kappa shape index (κ3) is 4.29. The topological polar surface area (TPSA) is 43.8 Å². The first-order valence-corrected chi connectivity index (χ1v) is 7.86. The Morgan fingerprint density at radius 3 is 2.48 bits per heavy atom. The van der Waals surface area contributed by atoms with Gasteiger partial charge in [-0.25, -0.2) is 0 Å². The predicted octanol–water partition coefficient (Wildman–Crippen LogP) is 2.62. The fourth-order valence-electron chi connectivity index (χ4n) is 3.25. The maximum Gasteiger partial charge on any atom is 0.317 e. The van der Waals surface area contributed by atoms with Crippen LogP contribution < -0.4 is 0 Å². The molecule has 116 valence electrons. The Labute approximate surface area is 127 Å². The van der Waals surface area contributed by atoms with Gasteiger partial charge >= 0.3 is 5.97 Å². The lowest BCUT2D eigenvalue weighted by Crippen LogP contribution is -2.47. The molecule has 1 aliphatic heterocycles. The van der Waals surface area contributed by atoms with Crippen LogP contribution in [0.3, 0.4) is 0 Å². The Morgan fingerprint density at radius 1 is 1.33 bits per heavy atom. The van der Waals surface area contributed by atoms with Crippen molar-refractivity contribution in [3.63, 3.8) is 0 Å². The number of carboxylic acids is 1. The first-order valence-electron chi connectivity index (χ1n) is 7.86. The van der Waals surface area contributed by atoms with Crippen molar-refractivity contribution >= 4 is 5.97 Å².